The molecule has 2 saturated heterocycles. The molecule has 2 aliphatic rings. The summed E-state index contributed by atoms with van der Waals surface area (Å²) in [6.07, 6.45) is -13.0. The number of carbonyl (C=O) groups excluding carboxylic acids is 3. The van der Waals surface area contributed by atoms with Crippen molar-refractivity contribution in [2.24, 2.45) is 0 Å². The van der Waals surface area contributed by atoms with Gasteiger partial charge in [-0.05, 0) is 58.7 Å². The maximum Gasteiger partial charge on any atom is 0.338 e. The minimum Gasteiger partial charge on any atom is -0.452 e. The van der Waals surface area contributed by atoms with Crippen molar-refractivity contribution in [3.05, 3.63) is 251 Å². The van der Waals surface area contributed by atoms with E-state index >= 15 is 0 Å². The van der Waals surface area contributed by atoms with Crippen LogP contribution in [0, 0.1) is 0 Å². The predicted molar refractivity (Wildman–Crippen MR) is 274 cm³/mol. The summed E-state index contributed by atoms with van der Waals surface area (Å²) in [6.45, 7) is 0.321. The lowest BCUT2D eigenvalue weighted by Crippen LogP contribution is -2.64. The van der Waals surface area contributed by atoms with Crippen molar-refractivity contribution < 1.29 is 66.9 Å². The summed E-state index contributed by atoms with van der Waals surface area (Å²) in [6, 6.07) is 63.2. The van der Waals surface area contributed by atoms with E-state index in [1.54, 1.807) is 66.7 Å². The highest BCUT2D eigenvalue weighted by molar-refractivity contribution is 5.91. The number of ether oxygens (including phenoxy) is 10. The first-order chi connectivity index (χ1) is 36.9. The van der Waals surface area contributed by atoms with Gasteiger partial charge in [-0.3, -0.25) is 0 Å². The summed E-state index contributed by atoms with van der Waals surface area (Å²) in [5.41, 5.74) is 4.08. The van der Waals surface area contributed by atoms with Crippen LogP contribution in [0.3, 0.4) is 0 Å². The van der Waals surface area contributed by atoms with Crippen molar-refractivity contribution in [1.82, 2.24) is 0 Å². The van der Waals surface area contributed by atoms with E-state index in [2.05, 4.69) is 0 Å². The molecule has 0 aromatic heterocycles. The lowest BCUT2D eigenvalue weighted by Gasteiger charge is -2.47. The second-order valence-electron chi connectivity index (χ2n) is 17.9. The second kappa shape index (κ2) is 26.7. The molecule has 0 unspecified atom stereocenters. The van der Waals surface area contributed by atoms with Gasteiger partial charge in [-0.25, -0.2) is 14.4 Å². The average molecular weight is 1020 g/mol. The molecule has 0 bridgehead atoms. The molecule has 2 heterocycles. The van der Waals surface area contributed by atoms with Crippen LogP contribution in [-0.4, -0.2) is 97.6 Å². The Hall–Kier alpha value is -7.37. The summed E-state index contributed by atoms with van der Waals surface area (Å²) in [5.74, 6) is -2.52. The zero-order valence-electron chi connectivity index (χ0n) is 41.0. The SMILES string of the molecule is O=C(O[C@@H]1[C@H](OC(=O)c2ccccc2)[C@@H](O)O[C@H](CO[C@H]2O[C@H](COCc3ccccc3)[C@@H](OCc3ccccc3)[C@H](OCc3ccccc3)[C@H]2OCc2ccccc2)[C@H]1OC(=O)c1ccccc1)c1ccccc1. The highest BCUT2D eigenvalue weighted by Gasteiger charge is 2.54. The van der Waals surface area contributed by atoms with Gasteiger partial charge in [-0.2, -0.15) is 0 Å². The van der Waals surface area contributed by atoms with Gasteiger partial charge in [0.1, 0.15) is 30.5 Å². The Morgan fingerprint density at radius 1 is 0.347 bits per heavy atom. The third-order valence-corrected chi connectivity index (χ3v) is 12.6. The van der Waals surface area contributed by atoms with Crippen LogP contribution in [0.2, 0.25) is 0 Å². The summed E-state index contributed by atoms with van der Waals surface area (Å²) in [7, 11) is 0. The van der Waals surface area contributed by atoms with Gasteiger partial charge in [0.05, 0.1) is 56.3 Å². The van der Waals surface area contributed by atoms with Crippen LogP contribution in [-0.2, 0) is 73.8 Å². The van der Waals surface area contributed by atoms with Crippen LogP contribution in [0.4, 0.5) is 0 Å². The van der Waals surface area contributed by atoms with Gasteiger partial charge in [-0.15, -0.1) is 0 Å². The molecule has 7 aromatic carbocycles. The smallest absolute Gasteiger partial charge is 0.338 e. The monoisotopic (exact) mass is 1010 g/mol. The Morgan fingerprint density at radius 2 is 0.693 bits per heavy atom. The number of hydrogen-bond acceptors (Lipinski definition) is 14. The van der Waals surface area contributed by atoms with Crippen LogP contribution in [0.1, 0.15) is 53.3 Å². The zero-order valence-corrected chi connectivity index (χ0v) is 41.0. The summed E-state index contributed by atoms with van der Waals surface area (Å²) in [4.78, 5) is 41.9. The molecular formula is C61H58O14. The average Bonchev–Trinajstić information content (AvgIpc) is 3.46. The van der Waals surface area contributed by atoms with Crippen LogP contribution in [0.15, 0.2) is 212 Å². The molecule has 0 saturated carbocycles. The molecule has 7 aromatic rings. The maximum absolute atomic E-state index is 14.1. The number of carbonyl (C=O) groups is 3. The fourth-order valence-electron chi connectivity index (χ4n) is 8.80. The van der Waals surface area contributed by atoms with Crippen molar-refractivity contribution >= 4 is 17.9 Å². The van der Waals surface area contributed by atoms with E-state index in [1.165, 1.54) is 24.3 Å². The zero-order chi connectivity index (χ0) is 51.6. The Bertz CT molecular complexity index is 2810. The highest BCUT2D eigenvalue weighted by atomic mass is 16.7. The predicted octanol–water partition coefficient (Wildman–Crippen LogP) is 9.09. The number of esters is 3. The molecule has 0 amide bonds. The fourth-order valence-corrected chi connectivity index (χ4v) is 8.80. The van der Waals surface area contributed by atoms with E-state index in [1.807, 2.05) is 121 Å². The molecule has 14 nitrogen and oxygen atoms in total. The molecular weight excluding hydrogens is 957 g/mol. The third kappa shape index (κ3) is 14.5. The largest absolute Gasteiger partial charge is 0.452 e. The highest BCUT2D eigenvalue weighted by Crippen LogP contribution is 2.35. The second-order valence-corrected chi connectivity index (χ2v) is 17.9. The number of benzene rings is 7. The maximum atomic E-state index is 14.1. The molecule has 0 aliphatic carbocycles. The Labute approximate surface area is 435 Å². The first-order valence-electron chi connectivity index (χ1n) is 24.8. The van der Waals surface area contributed by atoms with Gasteiger partial charge < -0.3 is 52.5 Å². The van der Waals surface area contributed by atoms with E-state index in [0.29, 0.717) is 0 Å². The van der Waals surface area contributed by atoms with Crippen molar-refractivity contribution in [1.29, 1.82) is 0 Å². The minimum atomic E-state index is -1.93. The van der Waals surface area contributed by atoms with Crippen LogP contribution < -0.4 is 0 Å². The molecule has 2 fully saturated rings. The number of rotatable bonds is 22. The van der Waals surface area contributed by atoms with E-state index in [4.69, 9.17) is 47.4 Å². The molecule has 14 heteroatoms. The lowest BCUT2D eigenvalue weighted by molar-refractivity contribution is -0.342. The molecule has 9 rings (SSSR count). The van der Waals surface area contributed by atoms with E-state index in [-0.39, 0.29) is 49.7 Å². The summed E-state index contributed by atoms with van der Waals surface area (Å²) >= 11 is 0. The topological polar surface area (TPSA) is 164 Å². The van der Waals surface area contributed by atoms with Crippen LogP contribution in [0.5, 0.6) is 0 Å². The molecule has 10 atom stereocenters. The van der Waals surface area contributed by atoms with Gasteiger partial charge in [0.25, 0.3) is 0 Å². The normalized spacial score (nSPS) is 23.4. The fraction of sp³-hybridized carbons (Fsp3) is 0.262. The van der Waals surface area contributed by atoms with Crippen LogP contribution >= 0.6 is 0 Å². The molecule has 386 valence electrons. The molecule has 0 spiro atoms. The van der Waals surface area contributed by atoms with Gasteiger partial charge in [-0.1, -0.05) is 176 Å². The Balaban J connectivity index is 1.07. The minimum absolute atomic E-state index is 0.0345. The Morgan fingerprint density at radius 3 is 1.13 bits per heavy atom. The van der Waals surface area contributed by atoms with Crippen molar-refractivity contribution in [3.63, 3.8) is 0 Å². The van der Waals surface area contributed by atoms with Gasteiger partial charge >= 0.3 is 17.9 Å². The van der Waals surface area contributed by atoms with Gasteiger partial charge in [0.15, 0.2) is 30.9 Å². The number of aliphatic hydroxyl groups is 1. The van der Waals surface area contributed by atoms with Crippen molar-refractivity contribution in [2.75, 3.05) is 13.2 Å². The van der Waals surface area contributed by atoms with E-state index < -0.39 is 85.9 Å². The third-order valence-electron chi connectivity index (χ3n) is 12.6. The molecule has 0 radical (unpaired) electrons. The van der Waals surface area contributed by atoms with Crippen LogP contribution in [0.25, 0.3) is 0 Å². The van der Waals surface area contributed by atoms with E-state index in [9.17, 15) is 19.5 Å². The standard InChI is InChI=1S/C61H58O14/c62-57(46-30-16-5-17-31-46)73-52-50(71-60(65)55(75-59(64)48-34-20-7-21-35-48)54(52)74-58(63)47-32-18-6-19-33-47)41-70-61-56(69-39-45-28-14-4-15-29-45)53(68-38-44-26-12-3-13-27-44)51(67-37-43-24-10-2-11-25-43)49(72-61)40-66-36-42-22-8-1-9-23-42/h1-35,49-56,60-61,65H,36-41H2/t49-,50-,51-,52-,53+,54+,55+,56-,60+,61+/m1/s1. The molecule has 1 N–H and O–H groups in total. The van der Waals surface area contributed by atoms with Crippen molar-refractivity contribution in [2.45, 2.75) is 87.8 Å². The Kier molecular flexibility index (Phi) is 18.7. The summed E-state index contributed by atoms with van der Waals surface area (Å²) in [5, 5.41) is 11.9. The van der Waals surface area contributed by atoms with E-state index in [0.717, 1.165) is 22.3 Å². The first-order valence-corrected chi connectivity index (χ1v) is 24.8. The van der Waals surface area contributed by atoms with Crippen molar-refractivity contribution in [3.8, 4) is 0 Å². The van der Waals surface area contributed by atoms with Gasteiger partial charge in [0.2, 0.25) is 0 Å². The number of aliphatic hydroxyl groups excluding tert-OH is 1. The molecule has 2 aliphatic heterocycles. The lowest BCUT2D eigenvalue weighted by atomic mass is 9.96. The molecule has 75 heavy (non-hydrogen) atoms. The summed E-state index contributed by atoms with van der Waals surface area (Å²) < 4.78 is 65.2. The number of hydrogen-bond donors (Lipinski definition) is 1. The quantitative estimate of drug-likeness (QED) is 0.0505. The van der Waals surface area contributed by atoms with Gasteiger partial charge in [0, 0.05) is 0 Å². The first kappa shape index (κ1) is 52.5.